The zero-order valence-electron chi connectivity index (χ0n) is 7.43. The lowest BCUT2D eigenvalue weighted by molar-refractivity contribution is -0.00556. The molecule has 0 rings (SSSR count). The molecule has 0 atom stereocenters. The van der Waals surface area contributed by atoms with Crippen molar-refractivity contribution in [2.75, 3.05) is 11.5 Å². The van der Waals surface area contributed by atoms with Crippen LogP contribution in [0, 0.1) is 0 Å². The average Bonchev–Trinajstić information content (AvgIpc) is 1.96. The van der Waals surface area contributed by atoms with E-state index in [1.54, 1.807) is 0 Å². The minimum absolute atomic E-state index is 1.16. The molecular weight excluding hydrogens is 258 g/mol. The van der Waals surface area contributed by atoms with Crippen molar-refractivity contribution in [3.8, 4) is 0 Å². The van der Waals surface area contributed by atoms with Gasteiger partial charge in [0.25, 0.3) is 20.2 Å². The van der Waals surface area contributed by atoms with E-state index in [-0.39, 0.29) is 0 Å². The minimum atomic E-state index is -4.50. The highest BCUT2D eigenvalue weighted by molar-refractivity contribution is 7.86. The van der Waals surface area contributed by atoms with Crippen LogP contribution in [0.2, 0.25) is 0 Å². The Bertz CT molecular complexity index is 359. The summed E-state index contributed by atoms with van der Waals surface area (Å²) < 4.78 is 82.4. The van der Waals surface area contributed by atoms with Crippen molar-refractivity contribution >= 4 is 20.2 Å². The molecule has 0 aliphatic rings. The van der Waals surface area contributed by atoms with Gasteiger partial charge in [-0.1, -0.05) is 0 Å². The van der Waals surface area contributed by atoms with E-state index in [0.717, 1.165) is 0 Å². The summed E-state index contributed by atoms with van der Waals surface area (Å²) in [5.74, 6) is -5.89. The normalized spacial score (nSPS) is 14.1. The van der Waals surface area contributed by atoms with Crippen LogP contribution < -0.4 is 0 Å². The smallest absolute Gasteiger partial charge is 0.265 e. The zero-order chi connectivity index (χ0) is 12.3. The molecule has 0 aliphatic carbocycles. The predicted octanol–water partition coefficient (Wildman–Crippen LogP) is 0.178. The Hall–Kier alpha value is -0.320. The second-order valence-corrected chi connectivity index (χ2v) is 6.07. The van der Waals surface area contributed by atoms with Gasteiger partial charge in [-0.2, -0.15) is 16.8 Å². The summed E-state index contributed by atoms with van der Waals surface area (Å²) >= 11 is 0. The van der Waals surface area contributed by atoms with Crippen LogP contribution in [-0.4, -0.2) is 43.4 Å². The molecule has 0 aromatic rings. The van der Waals surface area contributed by atoms with E-state index in [9.17, 15) is 25.6 Å². The van der Waals surface area contributed by atoms with Crippen molar-refractivity contribution in [3.63, 3.8) is 0 Å². The first kappa shape index (κ1) is 14.7. The third-order valence-electron chi connectivity index (χ3n) is 1.45. The minimum Gasteiger partial charge on any atom is -0.286 e. The van der Waals surface area contributed by atoms with Crippen molar-refractivity contribution in [3.05, 3.63) is 0 Å². The van der Waals surface area contributed by atoms with Crippen LogP contribution in [0.3, 0.4) is 0 Å². The van der Waals surface area contributed by atoms with Gasteiger partial charge < -0.3 is 0 Å². The van der Waals surface area contributed by atoms with E-state index >= 15 is 0 Å². The Labute approximate surface area is 85.8 Å². The molecule has 2 N–H and O–H groups in total. The van der Waals surface area contributed by atoms with Crippen LogP contribution >= 0.6 is 0 Å². The fourth-order valence-corrected chi connectivity index (χ4v) is 1.79. The average molecular weight is 268 g/mol. The van der Waals surface area contributed by atoms with Crippen molar-refractivity contribution in [1.82, 2.24) is 0 Å². The maximum absolute atomic E-state index is 12.7. The summed E-state index contributed by atoms with van der Waals surface area (Å²) in [6.45, 7) is 0. The van der Waals surface area contributed by atoms with Crippen LogP contribution in [0.4, 0.5) is 8.78 Å². The maximum atomic E-state index is 12.7. The van der Waals surface area contributed by atoms with E-state index in [4.69, 9.17) is 9.11 Å². The highest BCUT2D eigenvalue weighted by atomic mass is 32.2. The Morgan fingerprint density at radius 1 is 0.867 bits per heavy atom. The van der Waals surface area contributed by atoms with Crippen LogP contribution in [0.15, 0.2) is 0 Å². The molecule has 0 aromatic carbocycles. The molecule has 92 valence electrons. The highest BCUT2D eigenvalue weighted by Crippen LogP contribution is 2.23. The second-order valence-electron chi connectivity index (χ2n) is 2.93. The van der Waals surface area contributed by atoms with E-state index in [0.29, 0.717) is 0 Å². The standard InChI is InChI=1S/C5H10F2O6S2/c6-5(7,1-3-14(8,9)10)2-4-15(11,12)13/h1-4H2,(H,8,9,10)(H,11,12,13). The Morgan fingerprint density at radius 2 is 1.13 bits per heavy atom. The molecule has 6 nitrogen and oxygen atoms in total. The lowest BCUT2D eigenvalue weighted by Gasteiger charge is -2.13. The van der Waals surface area contributed by atoms with E-state index in [1.807, 2.05) is 0 Å². The van der Waals surface area contributed by atoms with Crippen molar-refractivity contribution < 1.29 is 34.7 Å². The molecule has 0 radical (unpaired) electrons. The summed E-state index contributed by atoms with van der Waals surface area (Å²) in [4.78, 5) is 0. The molecule has 0 fully saturated rings. The van der Waals surface area contributed by atoms with Crippen LogP contribution in [-0.2, 0) is 20.2 Å². The lowest BCUT2D eigenvalue weighted by atomic mass is 10.2. The summed E-state index contributed by atoms with van der Waals surface area (Å²) in [6.07, 6.45) is -2.39. The monoisotopic (exact) mass is 268 g/mol. The van der Waals surface area contributed by atoms with Gasteiger partial charge >= 0.3 is 0 Å². The fraction of sp³-hybridized carbons (Fsp3) is 1.00. The van der Waals surface area contributed by atoms with Gasteiger partial charge in [-0.05, 0) is 0 Å². The topological polar surface area (TPSA) is 109 Å². The molecule has 0 saturated heterocycles. The number of hydrogen-bond donors (Lipinski definition) is 2. The Morgan fingerprint density at radius 3 is 1.33 bits per heavy atom. The number of hydrogen-bond acceptors (Lipinski definition) is 4. The number of rotatable bonds is 6. The van der Waals surface area contributed by atoms with Crippen molar-refractivity contribution in [1.29, 1.82) is 0 Å². The third-order valence-corrected chi connectivity index (χ3v) is 2.89. The quantitative estimate of drug-likeness (QED) is 0.665. The molecule has 0 aliphatic heterocycles. The van der Waals surface area contributed by atoms with Gasteiger partial charge in [-0.3, -0.25) is 9.11 Å². The lowest BCUT2D eigenvalue weighted by Crippen LogP contribution is -2.24. The maximum Gasteiger partial charge on any atom is 0.265 e. The van der Waals surface area contributed by atoms with Crippen molar-refractivity contribution in [2.45, 2.75) is 18.8 Å². The van der Waals surface area contributed by atoms with Gasteiger partial charge in [0.15, 0.2) is 0 Å². The molecule has 0 heterocycles. The molecule has 0 saturated carbocycles. The molecular formula is C5H10F2O6S2. The second kappa shape index (κ2) is 4.68. The fourth-order valence-electron chi connectivity index (χ4n) is 0.682. The molecule has 0 amide bonds. The van der Waals surface area contributed by atoms with E-state index in [1.165, 1.54) is 0 Å². The van der Waals surface area contributed by atoms with E-state index in [2.05, 4.69) is 0 Å². The van der Waals surface area contributed by atoms with Crippen LogP contribution in [0.5, 0.6) is 0 Å². The molecule has 0 aromatic heterocycles. The summed E-state index contributed by atoms with van der Waals surface area (Å²) in [5.41, 5.74) is 0. The molecule has 0 spiro atoms. The number of halogens is 2. The van der Waals surface area contributed by atoms with Gasteiger partial charge in [-0.25, -0.2) is 8.78 Å². The first-order valence-electron chi connectivity index (χ1n) is 3.69. The van der Waals surface area contributed by atoms with Gasteiger partial charge in [0.1, 0.15) is 0 Å². The summed E-state index contributed by atoms with van der Waals surface area (Å²) in [6, 6.07) is 0. The SMILES string of the molecule is O=S(=O)(O)CCC(F)(F)CCS(=O)(=O)O. The third kappa shape index (κ3) is 9.97. The molecule has 0 bridgehead atoms. The first-order valence-corrected chi connectivity index (χ1v) is 6.91. The van der Waals surface area contributed by atoms with Crippen LogP contribution in [0.1, 0.15) is 12.8 Å². The highest BCUT2D eigenvalue weighted by Gasteiger charge is 2.32. The predicted molar refractivity (Wildman–Crippen MR) is 47.0 cm³/mol. The Kier molecular flexibility index (Phi) is 4.58. The molecule has 0 unspecified atom stereocenters. The van der Waals surface area contributed by atoms with Gasteiger partial charge in [0, 0.05) is 12.8 Å². The van der Waals surface area contributed by atoms with Gasteiger partial charge in [0.2, 0.25) is 5.92 Å². The summed E-state index contributed by atoms with van der Waals surface area (Å²) in [7, 11) is -9.01. The largest absolute Gasteiger partial charge is 0.286 e. The zero-order valence-corrected chi connectivity index (χ0v) is 9.06. The molecule has 15 heavy (non-hydrogen) atoms. The molecule has 10 heteroatoms. The van der Waals surface area contributed by atoms with E-state index < -0.39 is 50.5 Å². The first-order chi connectivity index (χ1) is 6.41. The van der Waals surface area contributed by atoms with Crippen LogP contribution in [0.25, 0.3) is 0 Å². The summed E-state index contributed by atoms with van der Waals surface area (Å²) in [5, 5.41) is 0. The Balaban J connectivity index is 4.21. The number of alkyl halides is 2. The van der Waals surface area contributed by atoms with Gasteiger partial charge in [0.05, 0.1) is 11.5 Å². The van der Waals surface area contributed by atoms with Crippen molar-refractivity contribution in [2.24, 2.45) is 0 Å². The van der Waals surface area contributed by atoms with Gasteiger partial charge in [-0.15, -0.1) is 0 Å².